The summed E-state index contributed by atoms with van der Waals surface area (Å²) in [5.41, 5.74) is 6.69. The Bertz CT molecular complexity index is 460. The highest BCUT2D eigenvalue weighted by Gasteiger charge is 2.17. The number of aryl methyl sites for hydroxylation is 1. The molecule has 1 amide bonds. The second-order valence-electron chi connectivity index (χ2n) is 4.24. The van der Waals surface area contributed by atoms with Gasteiger partial charge in [-0.25, -0.2) is 0 Å². The molecule has 0 heterocycles. The van der Waals surface area contributed by atoms with Gasteiger partial charge in [0.2, 0.25) is 0 Å². The summed E-state index contributed by atoms with van der Waals surface area (Å²) in [6.07, 6.45) is 1.55. The van der Waals surface area contributed by atoms with Gasteiger partial charge in [-0.2, -0.15) is 0 Å². The SMILES string of the molecule is CCCC(NC(=O)c1ccc(C)cc1O)C(N)=S. The van der Waals surface area contributed by atoms with Crippen molar-refractivity contribution < 1.29 is 9.90 Å². The first-order valence-corrected chi connectivity index (χ1v) is 6.26. The van der Waals surface area contributed by atoms with Gasteiger partial charge in [-0.05, 0) is 31.0 Å². The number of hydrogen-bond donors (Lipinski definition) is 3. The first kappa shape index (κ1) is 14.4. The van der Waals surface area contributed by atoms with E-state index in [-0.39, 0.29) is 28.3 Å². The largest absolute Gasteiger partial charge is 0.507 e. The van der Waals surface area contributed by atoms with Crippen molar-refractivity contribution in [1.29, 1.82) is 0 Å². The monoisotopic (exact) mass is 266 g/mol. The van der Waals surface area contributed by atoms with E-state index in [0.29, 0.717) is 6.42 Å². The van der Waals surface area contributed by atoms with Crippen LogP contribution in [0, 0.1) is 6.92 Å². The van der Waals surface area contributed by atoms with E-state index in [9.17, 15) is 9.90 Å². The fourth-order valence-corrected chi connectivity index (χ4v) is 1.82. The Morgan fingerprint density at radius 3 is 2.72 bits per heavy atom. The summed E-state index contributed by atoms with van der Waals surface area (Å²) in [5.74, 6) is -0.399. The molecular weight excluding hydrogens is 248 g/mol. The van der Waals surface area contributed by atoms with E-state index in [2.05, 4.69) is 5.32 Å². The highest BCUT2D eigenvalue weighted by Crippen LogP contribution is 2.18. The molecule has 4 N–H and O–H groups in total. The van der Waals surface area contributed by atoms with Gasteiger partial charge in [0.15, 0.2) is 0 Å². The van der Waals surface area contributed by atoms with Crippen LogP contribution in [0.3, 0.4) is 0 Å². The summed E-state index contributed by atoms with van der Waals surface area (Å²) < 4.78 is 0. The number of rotatable bonds is 5. The molecule has 0 aliphatic heterocycles. The van der Waals surface area contributed by atoms with Crippen LogP contribution >= 0.6 is 12.2 Å². The van der Waals surface area contributed by atoms with E-state index >= 15 is 0 Å². The van der Waals surface area contributed by atoms with Gasteiger partial charge in [0, 0.05) is 0 Å². The molecule has 0 bridgehead atoms. The molecule has 1 rings (SSSR count). The van der Waals surface area contributed by atoms with Crippen molar-refractivity contribution in [3.05, 3.63) is 29.3 Å². The van der Waals surface area contributed by atoms with Gasteiger partial charge in [-0.1, -0.05) is 31.6 Å². The zero-order chi connectivity index (χ0) is 13.7. The fourth-order valence-electron chi connectivity index (χ4n) is 1.64. The van der Waals surface area contributed by atoms with E-state index < -0.39 is 0 Å². The Labute approximate surface area is 112 Å². The molecule has 0 saturated heterocycles. The van der Waals surface area contributed by atoms with E-state index in [0.717, 1.165) is 12.0 Å². The number of nitrogens with two attached hydrogens (primary N) is 1. The van der Waals surface area contributed by atoms with Gasteiger partial charge >= 0.3 is 0 Å². The summed E-state index contributed by atoms with van der Waals surface area (Å²) in [7, 11) is 0. The summed E-state index contributed by atoms with van der Waals surface area (Å²) in [6, 6.07) is 4.57. The van der Waals surface area contributed by atoms with E-state index in [1.807, 2.05) is 13.8 Å². The number of benzene rings is 1. The lowest BCUT2D eigenvalue weighted by molar-refractivity contribution is 0.0943. The fraction of sp³-hybridized carbons (Fsp3) is 0.385. The molecule has 0 saturated carbocycles. The van der Waals surface area contributed by atoms with Crippen LogP contribution in [0.4, 0.5) is 0 Å². The number of carbonyl (C=O) groups is 1. The molecule has 0 spiro atoms. The van der Waals surface area contributed by atoms with Crippen molar-refractivity contribution in [2.24, 2.45) is 5.73 Å². The highest BCUT2D eigenvalue weighted by atomic mass is 32.1. The van der Waals surface area contributed by atoms with Crippen LogP contribution < -0.4 is 11.1 Å². The molecule has 0 radical (unpaired) electrons. The molecule has 1 aromatic carbocycles. The molecule has 98 valence electrons. The first-order chi connectivity index (χ1) is 8.45. The van der Waals surface area contributed by atoms with Gasteiger partial charge in [0.25, 0.3) is 5.91 Å². The molecule has 4 nitrogen and oxygen atoms in total. The Morgan fingerprint density at radius 2 is 2.22 bits per heavy atom. The van der Waals surface area contributed by atoms with E-state index in [1.54, 1.807) is 18.2 Å². The lowest BCUT2D eigenvalue weighted by Crippen LogP contribution is -2.43. The van der Waals surface area contributed by atoms with Gasteiger partial charge in [-0.3, -0.25) is 4.79 Å². The van der Waals surface area contributed by atoms with Crippen LogP contribution in [-0.2, 0) is 0 Å². The average Bonchev–Trinajstić information content (AvgIpc) is 2.27. The van der Waals surface area contributed by atoms with Crippen molar-refractivity contribution >= 4 is 23.1 Å². The maximum Gasteiger partial charge on any atom is 0.255 e. The third-order valence-corrected chi connectivity index (χ3v) is 2.91. The summed E-state index contributed by atoms with van der Waals surface area (Å²) in [6.45, 7) is 3.83. The van der Waals surface area contributed by atoms with Crippen LogP contribution in [0.1, 0.15) is 35.7 Å². The summed E-state index contributed by atoms with van der Waals surface area (Å²) in [5, 5.41) is 12.4. The van der Waals surface area contributed by atoms with Crippen molar-refractivity contribution in [2.45, 2.75) is 32.7 Å². The predicted molar refractivity (Wildman–Crippen MR) is 75.8 cm³/mol. The number of carbonyl (C=O) groups excluding carboxylic acids is 1. The minimum absolute atomic E-state index is 0.0364. The van der Waals surface area contributed by atoms with Crippen LogP contribution in [0.2, 0.25) is 0 Å². The molecule has 1 aromatic rings. The molecule has 0 aromatic heterocycles. The van der Waals surface area contributed by atoms with Gasteiger partial charge in [0.1, 0.15) is 5.75 Å². The molecule has 18 heavy (non-hydrogen) atoms. The van der Waals surface area contributed by atoms with Crippen LogP contribution in [-0.4, -0.2) is 22.0 Å². The number of phenolic OH excluding ortho intramolecular Hbond substituents is 1. The van der Waals surface area contributed by atoms with Crippen LogP contribution in [0.25, 0.3) is 0 Å². The predicted octanol–water partition coefficient (Wildman–Crippen LogP) is 1.89. The topological polar surface area (TPSA) is 75.3 Å². The number of hydrogen-bond acceptors (Lipinski definition) is 3. The van der Waals surface area contributed by atoms with E-state index in [4.69, 9.17) is 18.0 Å². The zero-order valence-electron chi connectivity index (χ0n) is 10.6. The number of thiocarbonyl (C=S) groups is 1. The molecule has 0 aliphatic rings. The van der Waals surface area contributed by atoms with Gasteiger partial charge < -0.3 is 16.2 Å². The molecule has 0 aliphatic carbocycles. The molecule has 1 unspecified atom stereocenters. The lowest BCUT2D eigenvalue weighted by Gasteiger charge is -2.17. The van der Waals surface area contributed by atoms with Crippen molar-refractivity contribution in [3.8, 4) is 5.75 Å². The van der Waals surface area contributed by atoms with Gasteiger partial charge in [-0.15, -0.1) is 0 Å². The number of aromatic hydroxyl groups is 1. The Kier molecular flexibility index (Phi) is 5.09. The van der Waals surface area contributed by atoms with Crippen molar-refractivity contribution in [2.75, 3.05) is 0 Å². The van der Waals surface area contributed by atoms with Crippen molar-refractivity contribution in [1.82, 2.24) is 5.32 Å². The maximum atomic E-state index is 12.0. The lowest BCUT2D eigenvalue weighted by atomic mass is 10.1. The number of nitrogens with one attached hydrogen (secondary N) is 1. The quantitative estimate of drug-likeness (QED) is 0.711. The van der Waals surface area contributed by atoms with Crippen LogP contribution in [0.15, 0.2) is 18.2 Å². The Hall–Kier alpha value is -1.62. The molecule has 5 heteroatoms. The maximum absolute atomic E-state index is 12.0. The summed E-state index contributed by atoms with van der Waals surface area (Å²) in [4.78, 5) is 12.2. The highest BCUT2D eigenvalue weighted by molar-refractivity contribution is 7.80. The zero-order valence-corrected chi connectivity index (χ0v) is 11.4. The second kappa shape index (κ2) is 6.35. The standard InChI is InChI=1S/C13H18N2O2S/c1-3-4-10(12(14)18)15-13(17)9-6-5-8(2)7-11(9)16/h5-7,10,16H,3-4H2,1-2H3,(H2,14,18)(H,15,17). The number of phenols is 1. The molecular formula is C13H18N2O2S. The first-order valence-electron chi connectivity index (χ1n) is 5.85. The smallest absolute Gasteiger partial charge is 0.255 e. The Morgan fingerprint density at radius 1 is 1.56 bits per heavy atom. The number of amides is 1. The van der Waals surface area contributed by atoms with Gasteiger partial charge in [0.05, 0.1) is 16.6 Å². The third kappa shape index (κ3) is 3.70. The van der Waals surface area contributed by atoms with Crippen molar-refractivity contribution in [3.63, 3.8) is 0 Å². The van der Waals surface area contributed by atoms with Crippen LogP contribution in [0.5, 0.6) is 5.75 Å². The summed E-state index contributed by atoms with van der Waals surface area (Å²) >= 11 is 4.90. The molecule has 1 atom stereocenters. The third-order valence-electron chi connectivity index (χ3n) is 2.62. The Balaban J connectivity index is 2.83. The minimum atomic E-state index is -0.362. The van der Waals surface area contributed by atoms with E-state index in [1.165, 1.54) is 0 Å². The normalized spacial score (nSPS) is 11.9. The minimum Gasteiger partial charge on any atom is -0.507 e. The average molecular weight is 266 g/mol. The molecule has 0 fully saturated rings. The second-order valence-corrected chi connectivity index (χ2v) is 4.71.